The molecule has 0 spiro atoms. The number of pyridine rings is 1. The van der Waals surface area contributed by atoms with Crippen molar-refractivity contribution >= 4 is 16.8 Å². The third-order valence-electron chi connectivity index (χ3n) is 3.25. The van der Waals surface area contributed by atoms with Crippen LogP contribution in [0.1, 0.15) is 15.9 Å². The van der Waals surface area contributed by atoms with Gasteiger partial charge in [0, 0.05) is 17.1 Å². The fraction of sp³-hybridized carbons (Fsp3) is 0.0588. The third kappa shape index (κ3) is 2.69. The number of carbonyl (C=O) groups excluding carboxylic acids is 1. The van der Waals surface area contributed by atoms with Crippen LogP contribution in [0.2, 0.25) is 0 Å². The Kier molecular flexibility index (Phi) is 3.51. The number of rotatable bonds is 4. The Morgan fingerprint density at radius 3 is 2.71 bits per heavy atom. The molecule has 1 amide bonds. The number of fused-ring (bicyclic) bond motifs is 1. The first kappa shape index (κ1) is 13.1. The molecule has 0 saturated heterocycles. The summed E-state index contributed by atoms with van der Waals surface area (Å²) in [5.74, 6) is -0.0143. The minimum absolute atomic E-state index is 0.332. The van der Waals surface area contributed by atoms with Crippen LogP contribution < -0.4 is 10.5 Å². The maximum Gasteiger partial charge on any atom is 0.252 e. The van der Waals surface area contributed by atoms with Crippen LogP contribution in [0, 0.1) is 0 Å². The zero-order valence-corrected chi connectivity index (χ0v) is 11.3. The van der Waals surface area contributed by atoms with Crippen molar-refractivity contribution in [3.05, 3.63) is 71.9 Å². The molecule has 21 heavy (non-hydrogen) atoms. The van der Waals surface area contributed by atoms with Crippen LogP contribution in [0.5, 0.6) is 5.75 Å². The number of para-hydroxylation sites is 2. The van der Waals surface area contributed by atoms with Crippen LogP contribution in [0.4, 0.5) is 0 Å². The number of carbonyl (C=O) groups is 1. The van der Waals surface area contributed by atoms with Gasteiger partial charge in [-0.2, -0.15) is 0 Å². The predicted molar refractivity (Wildman–Crippen MR) is 81.0 cm³/mol. The summed E-state index contributed by atoms with van der Waals surface area (Å²) in [6, 6.07) is 16.8. The number of hydrogen-bond donors (Lipinski definition) is 1. The van der Waals surface area contributed by atoms with Crippen LogP contribution in [0.3, 0.4) is 0 Å². The highest BCUT2D eigenvalue weighted by molar-refractivity contribution is 5.95. The van der Waals surface area contributed by atoms with Crippen molar-refractivity contribution in [2.45, 2.75) is 6.61 Å². The fourth-order valence-electron chi connectivity index (χ4n) is 2.24. The monoisotopic (exact) mass is 278 g/mol. The van der Waals surface area contributed by atoms with E-state index in [1.807, 2.05) is 36.4 Å². The van der Waals surface area contributed by atoms with Crippen molar-refractivity contribution in [3.8, 4) is 5.75 Å². The second-order valence-electron chi connectivity index (χ2n) is 4.64. The van der Waals surface area contributed by atoms with Gasteiger partial charge in [-0.1, -0.05) is 36.4 Å². The molecule has 0 fully saturated rings. The molecule has 0 saturated carbocycles. The molecule has 0 atom stereocenters. The van der Waals surface area contributed by atoms with Gasteiger partial charge in [-0.3, -0.25) is 9.78 Å². The molecule has 3 rings (SSSR count). The summed E-state index contributed by atoms with van der Waals surface area (Å²) in [4.78, 5) is 15.8. The lowest BCUT2D eigenvalue weighted by Gasteiger charge is -2.10. The number of nitrogens with zero attached hydrogens (tertiary/aromatic N) is 1. The van der Waals surface area contributed by atoms with Crippen molar-refractivity contribution in [1.29, 1.82) is 0 Å². The van der Waals surface area contributed by atoms with Crippen LogP contribution in [-0.4, -0.2) is 10.9 Å². The van der Waals surface area contributed by atoms with Gasteiger partial charge in [-0.05, 0) is 18.2 Å². The van der Waals surface area contributed by atoms with Crippen molar-refractivity contribution in [3.63, 3.8) is 0 Å². The summed E-state index contributed by atoms with van der Waals surface area (Å²) in [6.45, 7) is 0.332. The minimum Gasteiger partial charge on any atom is -0.488 e. The Morgan fingerprint density at radius 1 is 1.05 bits per heavy atom. The molecular formula is C17H14N2O2. The first-order chi connectivity index (χ1) is 10.3. The zero-order valence-electron chi connectivity index (χ0n) is 11.3. The predicted octanol–water partition coefficient (Wildman–Crippen LogP) is 2.91. The summed E-state index contributed by atoms with van der Waals surface area (Å²) in [6.07, 6.45) is 1.75. The number of amides is 1. The highest BCUT2D eigenvalue weighted by Crippen LogP contribution is 2.21. The Labute approximate surface area is 122 Å². The van der Waals surface area contributed by atoms with E-state index in [1.165, 1.54) is 0 Å². The number of aromatic nitrogens is 1. The highest BCUT2D eigenvalue weighted by atomic mass is 16.5. The van der Waals surface area contributed by atoms with Crippen LogP contribution in [0.25, 0.3) is 10.9 Å². The van der Waals surface area contributed by atoms with Gasteiger partial charge in [0.15, 0.2) is 0 Å². The molecule has 2 aromatic carbocycles. The minimum atomic E-state index is -0.498. The second-order valence-corrected chi connectivity index (χ2v) is 4.64. The fourth-order valence-corrected chi connectivity index (χ4v) is 2.24. The number of benzene rings is 2. The standard InChI is InChI=1S/C17H14N2O2/c18-17(20)14-8-1-2-9-15(14)21-11-13-6-3-5-12-7-4-10-19-16(12)13/h1-10H,11H2,(H2,18,20). The van der Waals surface area contributed by atoms with Crippen molar-refractivity contribution in [2.24, 2.45) is 5.73 Å². The van der Waals surface area contributed by atoms with E-state index >= 15 is 0 Å². The van der Waals surface area contributed by atoms with Gasteiger partial charge in [0.25, 0.3) is 5.91 Å². The third-order valence-corrected chi connectivity index (χ3v) is 3.25. The van der Waals surface area contributed by atoms with E-state index in [2.05, 4.69) is 4.98 Å². The van der Waals surface area contributed by atoms with Crippen LogP contribution >= 0.6 is 0 Å². The first-order valence-electron chi connectivity index (χ1n) is 6.60. The van der Waals surface area contributed by atoms with Crippen molar-refractivity contribution in [1.82, 2.24) is 4.98 Å². The molecular weight excluding hydrogens is 264 g/mol. The lowest BCUT2D eigenvalue weighted by molar-refractivity contribution is 0.0996. The van der Waals surface area contributed by atoms with Gasteiger partial charge < -0.3 is 10.5 Å². The van der Waals surface area contributed by atoms with Gasteiger partial charge >= 0.3 is 0 Å². The van der Waals surface area contributed by atoms with Gasteiger partial charge in [0.2, 0.25) is 0 Å². The maximum atomic E-state index is 11.4. The van der Waals surface area contributed by atoms with Crippen molar-refractivity contribution < 1.29 is 9.53 Å². The molecule has 4 heteroatoms. The van der Waals surface area contributed by atoms with E-state index < -0.39 is 5.91 Å². The topological polar surface area (TPSA) is 65.2 Å². The van der Waals surface area contributed by atoms with E-state index in [9.17, 15) is 4.79 Å². The van der Waals surface area contributed by atoms with Gasteiger partial charge in [0.1, 0.15) is 12.4 Å². The first-order valence-corrected chi connectivity index (χ1v) is 6.60. The summed E-state index contributed by atoms with van der Waals surface area (Å²) < 4.78 is 5.75. The molecule has 0 aliphatic carbocycles. The molecule has 1 aromatic heterocycles. The van der Waals surface area contributed by atoms with Crippen LogP contribution in [0.15, 0.2) is 60.8 Å². The summed E-state index contributed by atoms with van der Waals surface area (Å²) in [5, 5.41) is 1.06. The maximum absolute atomic E-state index is 11.4. The molecule has 1 heterocycles. The van der Waals surface area contributed by atoms with Gasteiger partial charge in [0.05, 0.1) is 11.1 Å². The van der Waals surface area contributed by atoms with Gasteiger partial charge in [-0.15, -0.1) is 0 Å². The van der Waals surface area contributed by atoms with E-state index in [0.29, 0.717) is 17.9 Å². The van der Waals surface area contributed by atoms with Crippen molar-refractivity contribution in [2.75, 3.05) is 0 Å². The molecule has 3 aromatic rings. The summed E-state index contributed by atoms with van der Waals surface area (Å²) >= 11 is 0. The molecule has 0 bridgehead atoms. The Hall–Kier alpha value is -2.88. The molecule has 2 N–H and O–H groups in total. The molecule has 0 aliphatic heterocycles. The largest absolute Gasteiger partial charge is 0.488 e. The average molecular weight is 278 g/mol. The Bertz CT molecular complexity index is 794. The van der Waals surface area contributed by atoms with E-state index in [4.69, 9.17) is 10.5 Å². The normalized spacial score (nSPS) is 10.5. The van der Waals surface area contributed by atoms with E-state index in [0.717, 1.165) is 16.5 Å². The second kappa shape index (κ2) is 5.63. The number of primary amides is 1. The molecule has 0 unspecified atom stereocenters. The molecule has 104 valence electrons. The average Bonchev–Trinajstić information content (AvgIpc) is 2.53. The lowest BCUT2D eigenvalue weighted by atomic mass is 10.1. The van der Waals surface area contributed by atoms with Crippen LogP contribution in [-0.2, 0) is 6.61 Å². The Balaban J connectivity index is 1.89. The summed E-state index contributed by atoms with van der Waals surface area (Å²) in [5.41, 5.74) is 7.59. The lowest BCUT2D eigenvalue weighted by Crippen LogP contribution is -2.13. The molecule has 0 radical (unpaired) electrons. The number of ether oxygens (including phenoxy) is 1. The van der Waals surface area contributed by atoms with Gasteiger partial charge in [-0.25, -0.2) is 0 Å². The number of hydrogen-bond acceptors (Lipinski definition) is 3. The Morgan fingerprint density at radius 2 is 1.86 bits per heavy atom. The zero-order chi connectivity index (χ0) is 14.7. The van der Waals surface area contributed by atoms with E-state index in [-0.39, 0.29) is 0 Å². The quantitative estimate of drug-likeness (QED) is 0.798. The molecule has 4 nitrogen and oxygen atoms in total. The smallest absolute Gasteiger partial charge is 0.252 e. The number of nitrogens with two attached hydrogens (primary N) is 1. The SMILES string of the molecule is NC(=O)c1ccccc1OCc1cccc2cccnc12. The van der Waals surface area contributed by atoms with E-state index in [1.54, 1.807) is 24.4 Å². The molecule has 0 aliphatic rings. The highest BCUT2D eigenvalue weighted by Gasteiger charge is 2.09. The summed E-state index contributed by atoms with van der Waals surface area (Å²) in [7, 11) is 0.